The maximum absolute atomic E-state index is 11.9. The second kappa shape index (κ2) is 5.45. The van der Waals surface area contributed by atoms with Crippen molar-refractivity contribution in [3.63, 3.8) is 0 Å². The quantitative estimate of drug-likeness (QED) is 0.784. The zero-order valence-corrected chi connectivity index (χ0v) is 11.9. The lowest BCUT2D eigenvalue weighted by atomic mass is 9.75. The molecule has 0 bridgehead atoms. The van der Waals surface area contributed by atoms with E-state index in [9.17, 15) is 9.90 Å². The zero-order valence-electron chi connectivity index (χ0n) is 11.9. The summed E-state index contributed by atoms with van der Waals surface area (Å²) in [5, 5.41) is 9.89. The van der Waals surface area contributed by atoms with Crippen LogP contribution in [-0.2, 0) is 4.74 Å². The molecule has 1 fully saturated rings. The molecule has 0 aliphatic carbocycles. The topological polar surface area (TPSA) is 75.8 Å². The normalized spacial score (nSPS) is 21.6. The van der Waals surface area contributed by atoms with Gasteiger partial charge in [0, 0.05) is 19.6 Å². The molecule has 1 saturated heterocycles. The van der Waals surface area contributed by atoms with E-state index in [1.807, 2.05) is 27.7 Å². The van der Waals surface area contributed by atoms with Crippen LogP contribution in [0, 0.1) is 5.41 Å². The number of ether oxygens (including phenoxy) is 1. The minimum absolute atomic E-state index is 0.187. The summed E-state index contributed by atoms with van der Waals surface area (Å²) in [7, 11) is 0. The molecule has 1 atom stereocenters. The first-order valence-corrected chi connectivity index (χ1v) is 6.54. The van der Waals surface area contributed by atoms with Crippen LogP contribution in [0.3, 0.4) is 0 Å². The molecular weight excluding hydrogens is 232 g/mol. The number of rotatable bonds is 2. The average molecular weight is 258 g/mol. The summed E-state index contributed by atoms with van der Waals surface area (Å²) in [6, 6.07) is 0. The van der Waals surface area contributed by atoms with E-state index in [0.717, 1.165) is 12.8 Å². The fourth-order valence-electron chi connectivity index (χ4n) is 2.14. The van der Waals surface area contributed by atoms with Gasteiger partial charge in [0.25, 0.3) is 0 Å². The molecule has 1 amide bonds. The molecule has 1 unspecified atom stereocenters. The summed E-state index contributed by atoms with van der Waals surface area (Å²) in [4.78, 5) is 13.6. The molecule has 0 saturated carbocycles. The highest BCUT2D eigenvalue weighted by atomic mass is 16.6. The Morgan fingerprint density at radius 1 is 1.44 bits per heavy atom. The fourth-order valence-corrected chi connectivity index (χ4v) is 2.14. The van der Waals surface area contributed by atoms with Crippen LogP contribution in [0.5, 0.6) is 0 Å². The van der Waals surface area contributed by atoms with Gasteiger partial charge in [-0.2, -0.15) is 0 Å². The third kappa shape index (κ3) is 3.85. The van der Waals surface area contributed by atoms with Gasteiger partial charge in [-0.3, -0.25) is 0 Å². The molecule has 18 heavy (non-hydrogen) atoms. The van der Waals surface area contributed by atoms with Gasteiger partial charge in [-0.15, -0.1) is 0 Å². The Balaban J connectivity index is 2.51. The number of piperidine rings is 1. The van der Waals surface area contributed by atoms with Gasteiger partial charge in [0.15, 0.2) is 0 Å². The molecule has 5 nitrogen and oxygen atoms in total. The number of carbonyl (C=O) groups excluding carboxylic acids is 1. The molecule has 1 heterocycles. The minimum Gasteiger partial charge on any atom is -0.444 e. The van der Waals surface area contributed by atoms with Gasteiger partial charge >= 0.3 is 6.09 Å². The smallest absolute Gasteiger partial charge is 0.410 e. The highest BCUT2D eigenvalue weighted by Gasteiger charge is 2.37. The van der Waals surface area contributed by atoms with E-state index in [0.29, 0.717) is 13.1 Å². The van der Waals surface area contributed by atoms with Crippen LogP contribution in [-0.4, -0.2) is 47.4 Å². The van der Waals surface area contributed by atoms with Crippen molar-refractivity contribution in [2.45, 2.75) is 52.2 Å². The molecule has 1 rings (SSSR count). The van der Waals surface area contributed by atoms with Crippen molar-refractivity contribution in [2.24, 2.45) is 11.1 Å². The Bertz CT molecular complexity index is 291. The first kappa shape index (κ1) is 15.2. The number of aliphatic hydroxyl groups excluding tert-OH is 1. The summed E-state index contributed by atoms with van der Waals surface area (Å²) in [5.74, 6) is 0. The predicted molar refractivity (Wildman–Crippen MR) is 70.2 cm³/mol. The molecule has 0 spiro atoms. The highest BCUT2D eigenvalue weighted by Crippen LogP contribution is 2.34. The number of nitrogens with zero attached hydrogens (tertiary/aromatic N) is 1. The van der Waals surface area contributed by atoms with Crippen LogP contribution in [0.15, 0.2) is 0 Å². The SMILES string of the molecule is CC(C)(C)OC(=O)N1CCC(C)(C(O)CN)CC1. The van der Waals surface area contributed by atoms with E-state index in [1.54, 1.807) is 4.90 Å². The largest absolute Gasteiger partial charge is 0.444 e. The van der Waals surface area contributed by atoms with Crippen LogP contribution in [0.1, 0.15) is 40.5 Å². The monoisotopic (exact) mass is 258 g/mol. The summed E-state index contributed by atoms with van der Waals surface area (Å²) in [5.41, 5.74) is 4.86. The fraction of sp³-hybridized carbons (Fsp3) is 0.923. The molecule has 0 aromatic rings. The molecule has 106 valence electrons. The van der Waals surface area contributed by atoms with Gasteiger partial charge in [0.05, 0.1) is 6.10 Å². The van der Waals surface area contributed by atoms with E-state index >= 15 is 0 Å². The number of carbonyl (C=O) groups is 1. The second-order valence-corrected chi connectivity index (χ2v) is 6.37. The lowest BCUT2D eigenvalue weighted by Gasteiger charge is -2.42. The number of hydrogen-bond donors (Lipinski definition) is 2. The Hall–Kier alpha value is -0.810. The standard InChI is InChI=1S/C13H26N2O3/c1-12(2,3)18-11(17)15-7-5-13(4,6-8-15)10(16)9-14/h10,16H,5-9,14H2,1-4H3. The Kier molecular flexibility index (Phi) is 4.61. The third-order valence-electron chi connectivity index (χ3n) is 3.59. The summed E-state index contributed by atoms with van der Waals surface area (Å²) >= 11 is 0. The van der Waals surface area contributed by atoms with Crippen molar-refractivity contribution >= 4 is 6.09 Å². The van der Waals surface area contributed by atoms with Crippen LogP contribution < -0.4 is 5.73 Å². The van der Waals surface area contributed by atoms with E-state index in [2.05, 4.69) is 0 Å². The molecule has 1 aliphatic heterocycles. The summed E-state index contributed by atoms with van der Waals surface area (Å²) in [6.07, 6.45) is 0.736. The Morgan fingerprint density at radius 3 is 2.33 bits per heavy atom. The molecule has 5 heteroatoms. The number of likely N-dealkylation sites (tertiary alicyclic amines) is 1. The van der Waals surface area contributed by atoms with Crippen LogP contribution in [0.2, 0.25) is 0 Å². The van der Waals surface area contributed by atoms with Crippen molar-refractivity contribution in [2.75, 3.05) is 19.6 Å². The van der Waals surface area contributed by atoms with Crippen molar-refractivity contribution in [1.29, 1.82) is 0 Å². The molecule has 0 radical (unpaired) electrons. The zero-order chi connectivity index (χ0) is 14.0. The van der Waals surface area contributed by atoms with E-state index in [1.165, 1.54) is 0 Å². The molecule has 0 aromatic carbocycles. The van der Waals surface area contributed by atoms with Crippen LogP contribution in [0.25, 0.3) is 0 Å². The van der Waals surface area contributed by atoms with E-state index in [4.69, 9.17) is 10.5 Å². The number of aliphatic hydroxyl groups is 1. The van der Waals surface area contributed by atoms with Crippen molar-refractivity contribution in [3.8, 4) is 0 Å². The second-order valence-electron chi connectivity index (χ2n) is 6.37. The van der Waals surface area contributed by atoms with Gasteiger partial charge in [0.2, 0.25) is 0 Å². The lowest BCUT2D eigenvalue weighted by Crippen LogP contribution is -2.49. The first-order valence-electron chi connectivity index (χ1n) is 6.54. The third-order valence-corrected chi connectivity index (χ3v) is 3.59. The number of hydrogen-bond acceptors (Lipinski definition) is 4. The maximum atomic E-state index is 11.9. The first-order chi connectivity index (χ1) is 8.18. The van der Waals surface area contributed by atoms with Crippen molar-refractivity contribution < 1.29 is 14.6 Å². The predicted octanol–water partition coefficient (Wildman–Crippen LogP) is 1.34. The average Bonchev–Trinajstić information content (AvgIpc) is 2.26. The van der Waals surface area contributed by atoms with Gasteiger partial charge < -0.3 is 20.5 Å². The minimum atomic E-state index is -0.502. The van der Waals surface area contributed by atoms with E-state index < -0.39 is 11.7 Å². The summed E-state index contributed by atoms with van der Waals surface area (Å²) in [6.45, 7) is 9.09. The Labute approximate surface area is 109 Å². The van der Waals surface area contributed by atoms with Gasteiger partial charge in [-0.25, -0.2) is 4.79 Å². The Morgan fingerprint density at radius 2 is 1.94 bits per heavy atom. The van der Waals surface area contributed by atoms with E-state index in [-0.39, 0.29) is 18.1 Å². The van der Waals surface area contributed by atoms with Crippen molar-refractivity contribution in [1.82, 2.24) is 4.90 Å². The lowest BCUT2D eigenvalue weighted by molar-refractivity contribution is -0.0210. The van der Waals surface area contributed by atoms with Crippen LogP contribution >= 0.6 is 0 Å². The molecule has 1 aliphatic rings. The summed E-state index contributed by atoms with van der Waals surface area (Å²) < 4.78 is 5.33. The molecule has 0 aromatic heterocycles. The molecular formula is C13H26N2O3. The number of nitrogens with two attached hydrogens (primary N) is 1. The number of amides is 1. The van der Waals surface area contributed by atoms with Crippen molar-refractivity contribution in [3.05, 3.63) is 0 Å². The van der Waals surface area contributed by atoms with Gasteiger partial charge in [0.1, 0.15) is 5.60 Å². The molecule has 3 N–H and O–H groups in total. The van der Waals surface area contributed by atoms with Gasteiger partial charge in [-0.1, -0.05) is 6.92 Å². The van der Waals surface area contributed by atoms with Gasteiger partial charge in [-0.05, 0) is 39.0 Å². The van der Waals surface area contributed by atoms with Crippen LogP contribution in [0.4, 0.5) is 4.79 Å². The maximum Gasteiger partial charge on any atom is 0.410 e. The highest BCUT2D eigenvalue weighted by molar-refractivity contribution is 5.68.